The van der Waals surface area contributed by atoms with Crippen molar-refractivity contribution in [3.8, 4) is 0 Å². The Hall–Kier alpha value is -2.14. The minimum atomic E-state index is -0.338. The molecule has 4 nitrogen and oxygen atoms in total. The zero-order chi connectivity index (χ0) is 17.8. The number of carbonyl (C=O) groups excluding carboxylic acids is 1. The number of imidazole rings is 1. The molecule has 0 bridgehead atoms. The molecule has 2 aromatic carbocycles. The minimum Gasteiger partial charge on any atom is -0.465 e. The zero-order valence-electron chi connectivity index (χ0n) is 14.5. The molecule has 0 radical (unpaired) electrons. The van der Waals surface area contributed by atoms with Crippen molar-refractivity contribution in [3.63, 3.8) is 0 Å². The zero-order valence-corrected chi connectivity index (χ0v) is 16.0. The van der Waals surface area contributed by atoms with E-state index in [1.807, 2.05) is 24.3 Å². The second-order valence-corrected chi connectivity index (χ2v) is 6.87. The molecule has 0 fully saturated rings. The van der Waals surface area contributed by atoms with Crippen LogP contribution in [0.5, 0.6) is 0 Å². The van der Waals surface area contributed by atoms with Gasteiger partial charge in [-0.2, -0.15) is 0 Å². The van der Waals surface area contributed by atoms with Gasteiger partial charge in [-0.15, -0.1) is 0 Å². The summed E-state index contributed by atoms with van der Waals surface area (Å²) >= 11 is 3.48. The number of aromatic nitrogens is 2. The first-order valence-corrected chi connectivity index (χ1v) is 9.24. The van der Waals surface area contributed by atoms with Crippen LogP contribution >= 0.6 is 15.9 Å². The summed E-state index contributed by atoms with van der Waals surface area (Å²) in [6.07, 6.45) is 3.23. The normalized spacial score (nSPS) is 11.0. The fourth-order valence-corrected chi connectivity index (χ4v) is 3.53. The van der Waals surface area contributed by atoms with Crippen molar-refractivity contribution in [2.24, 2.45) is 0 Å². The molecule has 0 saturated heterocycles. The van der Waals surface area contributed by atoms with Crippen LogP contribution in [-0.2, 0) is 17.7 Å². The smallest absolute Gasteiger partial charge is 0.339 e. The first-order valence-electron chi connectivity index (χ1n) is 8.45. The molecular weight excluding hydrogens is 380 g/mol. The highest BCUT2D eigenvalue weighted by Crippen LogP contribution is 2.23. The molecular formula is C20H21BrN2O2. The molecule has 1 heterocycles. The first-order chi connectivity index (χ1) is 12.1. The van der Waals surface area contributed by atoms with Crippen molar-refractivity contribution in [2.75, 3.05) is 7.11 Å². The van der Waals surface area contributed by atoms with E-state index in [4.69, 9.17) is 9.72 Å². The van der Waals surface area contributed by atoms with E-state index in [1.54, 1.807) is 6.07 Å². The van der Waals surface area contributed by atoms with Gasteiger partial charge >= 0.3 is 5.97 Å². The highest BCUT2D eigenvalue weighted by molar-refractivity contribution is 9.10. The first kappa shape index (κ1) is 17.7. The van der Waals surface area contributed by atoms with Crippen molar-refractivity contribution >= 4 is 32.9 Å². The maximum atomic E-state index is 11.7. The SMILES string of the molecule is CCCCc1nc2ccccc2n1Cc1ccc(C(=O)OC)c(Br)c1. The van der Waals surface area contributed by atoms with Gasteiger partial charge < -0.3 is 9.30 Å². The Bertz CT molecular complexity index is 902. The van der Waals surface area contributed by atoms with Gasteiger partial charge in [-0.3, -0.25) is 0 Å². The Morgan fingerprint density at radius 2 is 2.04 bits per heavy atom. The molecule has 0 amide bonds. The van der Waals surface area contributed by atoms with E-state index < -0.39 is 0 Å². The molecule has 1 aromatic heterocycles. The number of methoxy groups -OCH3 is 1. The molecule has 5 heteroatoms. The molecule has 0 saturated carbocycles. The number of fused-ring (bicyclic) bond motifs is 1. The van der Waals surface area contributed by atoms with E-state index in [9.17, 15) is 4.79 Å². The number of ether oxygens (including phenoxy) is 1. The molecule has 0 N–H and O–H groups in total. The standard InChI is InChI=1S/C20H21BrN2O2/c1-3-4-9-19-22-17-7-5-6-8-18(17)23(19)13-14-10-11-15(16(21)12-14)20(24)25-2/h5-8,10-12H,3-4,9,13H2,1-2H3. The summed E-state index contributed by atoms with van der Waals surface area (Å²) in [6, 6.07) is 14.0. The molecule has 0 aliphatic rings. The average Bonchev–Trinajstić information content (AvgIpc) is 2.97. The van der Waals surface area contributed by atoms with Crippen LogP contribution in [0.2, 0.25) is 0 Å². The van der Waals surface area contributed by atoms with Crippen molar-refractivity contribution in [2.45, 2.75) is 32.7 Å². The summed E-state index contributed by atoms with van der Waals surface area (Å²) in [6.45, 7) is 2.91. The van der Waals surface area contributed by atoms with Crippen LogP contribution in [0, 0.1) is 0 Å². The highest BCUT2D eigenvalue weighted by Gasteiger charge is 2.13. The van der Waals surface area contributed by atoms with Gasteiger partial charge in [-0.1, -0.05) is 31.5 Å². The number of carbonyl (C=O) groups is 1. The van der Waals surface area contributed by atoms with Gasteiger partial charge in [0, 0.05) is 17.4 Å². The summed E-state index contributed by atoms with van der Waals surface area (Å²) < 4.78 is 7.81. The van der Waals surface area contributed by atoms with Crippen LogP contribution in [0.4, 0.5) is 0 Å². The van der Waals surface area contributed by atoms with E-state index in [0.717, 1.165) is 52.7 Å². The lowest BCUT2D eigenvalue weighted by atomic mass is 10.1. The molecule has 0 unspecified atom stereocenters. The average molecular weight is 401 g/mol. The van der Waals surface area contributed by atoms with Gasteiger partial charge in [-0.05, 0) is 52.2 Å². The molecule has 0 aliphatic carbocycles. The number of benzene rings is 2. The van der Waals surface area contributed by atoms with Crippen LogP contribution in [0.25, 0.3) is 11.0 Å². The number of hydrogen-bond donors (Lipinski definition) is 0. The molecule has 0 atom stereocenters. The number of aryl methyl sites for hydroxylation is 1. The highest BCUT2D eigenvalue weighted by atomic mass is 79.9. The Labute approximate surface area is 156 Å². The van der Waals surface area contributed by atoms with Crippen molar-refractivity contribution in [1.82, 2.24) is 9.55 Å². The number of rotatable bonds is 6. The third kappa shape index (κ3) is 3.76. The van der Waals surface area contributed by atoms with Gasteiger partial charge in [0.15, 0.2) is 0 Å². The van der Waals surface area contributed by atoms with Crippen LogP contribution in [0.1, 0.15) is 41.5 Å². The Kier molecular flexibility index (Phi) is 5.53. The predicted molar refractivity (Wildman–Crippen MR) is 103 cm³/mol. The second-order valence-electron chi connectivity index (χ2n) is 6.01. The molecule has 25 heavy (non-hydrogen) atoms. The molecule has 0 aliphatic heterocycles. The van der Waals surface area contributed by atoms with E-state index in [-0.39, 0.29) is 5.97 Å². The number of halogens is 1. The number of nitrogens with zero attached hydrogens (tertiary/aromatic N) is 2. The Morgan fingerprint density at radius 3 is 2.76 bits per heavy atom. The molecule has 3 aromatic rings. The number of para-hydroxylation sites is 2. The van der Waals surface area contributed by atoms with Gasteiger partial charge in [-0.25, -0.2) is 9.78 Å². The van der Waals surface area contributed by atoms with E-state index in [2.05, 4.69) is 39.6 Å². The van der Waals surface area contributed by atoms with Crippen molar-refractivity contribution in [1.29, 1.82) is 0 Å². The summed E-state index contributed by atoms with van der Waals surface area (Å²) in [4.78, 5) is 16.5. The van der Waals surface area contributed by atoms with E-state index in [0.29, 0.717) is 5.56 Å². The predicted octanol–water partition coefficient (Wildman–Crippen LogP) is 4.98. The van der Waals surface area contributed by atoms with Crippen LogP contribution in [0.15, 0.2) is 46.9 Å². The van der Waals surface area contributed by atoms with Gasteiger partial charge in [0.25, 0.3) is 0 Å². The monoisotopic (exact) mass is 400 g/mol. The topological polar surface area (TPSA) is 44.1 Å². The van der Waals surface area contributed by atoms with Crippen LogP contribution in [0.3, 0.4) is 0 Å². The lowest BCUT2D eigenvalue weighted by molar-refractivity contribution is 0.0599. The summed E-state index contributed by atoms with van der Waals surface area (Å²) in [7, 11) is 1.39. The maximum Gasteiger partial charge on any atom is 0.339 e. The van der Waals surface area contributed by atoms with Crippen molar-refractivity contribution in [3.05, 3.63) is 63.9 Å². The summed E-state index contributed by atoms with van der Waals surface area (Å²) in [5.74, 6) is 0.770. The number of esters is 1. The van der Waals surface area contributed by atoms with E-state index >= 15 is 0 Å². The van der Waals surface area contributed by atoms with Crippen LogP contribution < -0.4 is 0 Å². The second kappa shape index (κ2) is 7.83. The van der Waals surface area contributed by atoms with Gasteiger partial charge in [0.2, 0.25) is 0 Å². The Balaban J connectivity index is 1.96. The summed E-state index contributed by atoms with van der Waals surface area (Å²) in [5, 5.41) is 0. The lowest BCUT2D eigenvalue weighted by Crippen LogP contribution is -2.07. The fraction of sp³-hybridized carbons (Fsp3) is 0.300. The van der Waals surface area contributed by atoms with Gasteiger partial charge in [0.05, 0.1) is 23.7 Å². The third-order valence-corrected chi connectivity index (χ3v) is 4.92. The third-order valence-electron chi connectivity index (χ3n) is 4.27. The maximum absolute atomic E-state index is 11.7. The Morgan fingerprint density at radius 1 is 1.24 bits per heavy atom. The number of unbranched alkanes of at least 4 members (excludes halogenated alkanes) is 1. The number of hydrogen-bond acceptors (Lipinski definition) is 3. The molecule has 0 spiro atoms. The minimum absolute atomic E-state index is 0.338. The molecule has 130 valence electrons. The van der Waals surface area contributed by atoms with Crippen molar-refractivity contribution < 1.29 is 9.53 Å². The molecule has 3 rings (SSSR count). The largest absolute Gasteiger partial charge is 0.465 e. The fourth-order valence-electron chi connectivity index (χ4n) is 2.94. The quantitative estimate of drug-likeness (QED) is 0.548. The van der Waals surface area contributed by atoms with Gasteiger partial charge in [0.1, 0.15) is 5.82 Å². The van der Waals surface area contributed by atoms with Crippen LogP contribution in [-0.4, -0.2) is 22.6 Å². The summed E-state index contributed by atoms with van der Waals surface area (Å²) in [5.41, 5.74) is 3.81. The van der Waals surface area contributed by atoms with E-state index in [1.165, 1.54) is 7.11 Å². The lowest BCUT2D eigenvalue weighted by Gasteiger charge is -2.11.